The van der Waals surface area contributed by atoms with Gasteiger partial charge >= 0.3 is 0 Å². The molecule has 0 bridgehead atoms. The van der Waals surface area contributed by atoms with Crippen LogP contribution >= 0.6 is 0 Å². The van der Waals surface area contributed by atoms with E-state index in [2.05, 4.69) is 30.9 Å². The summed E-state index contributed by atoms with van der Waals surface area (Å²) < 4.78 is 10.9. The van der Waals surface area contributed by atoms with Crippen LogP contribution in [0.2, 0.25) is 0 Å². The van der Waals surface area contributed by atoms with Crippen molar-refractivity contribution in [3.63, 3.8) is 0 Å². The number of hydrogen-bond acceptors (Lipinski definition) is 5. The minimum atomic E-state index is 0.0485. The number of rotatable bonds is 2. The van der Waals surface area contributed by atoms with E-state index < -0.39 is 0 Å². The molecule has 2 heterocycles. The Morgan fingerprint density at radius 1 is 1.33 bits per heavy atom. The van der Waals surface area contributed by atoms with Crippen LogP contribution in [0.5, 0.6) is 0 Å². The van der Waals surface area contributed by atoms with Crippen LogP contribution in [0.1, 0.15) is 51.2 Å². The van der Waals surface area contributed by atoms with Crippen LogP contribution < -0.4 is 5.73 Å². The molecule has 0 radical (unpaired) electrons. The lowest BCUT2D eigenvalue weighted by Gasteiger charge is -2.45. The maximum absolute atomic E-state index is 6.22. The molecule has 0 saturated heterocycles. The van der Waals surface area contributed by atoms with Gasteiger partial charge in [0.1, 0.15) is 5.76 Å². The van der Waals surface area contributed by atoms with Gasteiger partial charge in [0.15, 0.2) is 0 Å². The summed E-state index contributed by atoms with van der Waals surface area (Å²) in [6, 6.07) is 2.11. The second-order valence-corrected chi connectivity index (χ2v) is 6.75. The Morgan fingerprint density at radius 2 is 2.10 bits per heavy atom. The van der Waals surface area contributed by atoms with Gasteiger partial charge in [-0.25, -0.2) is 0 Å². The monoisotopic (exact) mass is 289 g/mol. The maximum Gasteiger partial charge on any atom is 0.230 e. The molecule has 5 nitrogen and oxygen atoms in total. The first-order valence-electron chi connectivity index (χ1n) is 7.55. The topological polar surface area (TPSA) is 78.1 Å². The predicted molar refractivity (Wildman–Crippen MR) is 79.6 cm³/mol. The zero-order valence-electron chi connectivity index (χ0n) is 13.1. The van der Waals surface area contributed by atoms with Gasteiger partial charge in [0, 0.05) is 12.0 Å². The summed E-state index contributed by atoms with van der Waals surface area (Å²) >= 11 is 0. The number of furan rings is 1. The van der Waals surface area contributed by atoms with Gasteiger partial charge < -0.3 is 14.7 Å². The van der Waals surface area contributed by atoms with Crippen molar-refractivity contribution in [2.24, 2.45) is 17.1 Å². The molecule has 1 aliphatic rings. The minimum absolute atomic E-state index is 0.0485. The standard InChI is InChI=1S/C16H23N3O2/c1-9-13(17)6-5-12(16(9,3)4)15-18-14(19-21-15)11-7-8-20-10(11)2/h7-9,12-13H,5-6,17H2,1-4H3. The third-order valence-corrected chi connectivity index (χ3v) is 5.34. The van der Waals surface area contributed by atoms with E-state index >= 15 is 0 Å². The molecule has 1 fully saturated rings. The number of nitrogens with zero attached hydrogens (tertiary/aromatic N) is 2. The van der Waals surface area contributed by atoms with E-state index in [4.69, 9.17) is 14.7 Å². The van der Waals surface area contributed by atoms with E-state index in [1.807, 2.05) is 13.0 Å². The molecule has 21 heavy (non-hydrogen) atoms. The largest absolute Gasteiger partial charge is 0.469 e. The first-order chi connectivity index (χ1) is 9.91. The molecule has 114 valence electrons. The van der Waals surface area contributed by atoms with Crippen molar-refractivity contribution in [2.75, 3.05) is 0 Å². The summed E-state index contributed by atoms with van der Waals surface area (Å²) in [7, 11) is 0. The molecule has 3 unspecified atom stereocenters. The summed E-state index contributed by atoms with van der Waals surface area (Å²) in [6.45, 7) is 8.61. The first-order valence-corrected chi connectivity index (χ1v) is 7.55. The Hall–Kier alpha value is -1.62. The fourth-order valence-electron chi connectivity index (χ4n) is 3.40. The third-order valence-electron chi connectivity index (χ3n) is 5.34. The van der Waals surface area contributed by atoms with Gasteiger partial charge in [-0.2, -0.15) is 4.98 Å². The van der Waals surface area contributed by atoms with Gasteiger partial charge in [-0.3, -0.25) is 0 Å². The van der Waals surface area contributed by atoms with E-state index in [1.165, 1.54) is 0 Å². The Labute approximate surface area is 124 Å². The van der Waals surface area contributed by atoms with Crippen molar-refractivity contribution in [2.45, 2.75) is 52.5 Å². The Balaban J connectivity index is 1.91. The zero-order chi connectivity index (χ0) is 15.2. The summed E-state index contributed by atoms with van der Waals surface area (Å²) in [5, 5.41) is 4.13. The highest BCUT2D eigenvalue weighted by Crippen LogP contribution is 2.49. The van der Waals surface area contributed by atoms with Crippen molar-refractivity contribution in [3.05, 3.63) is 24.0 Å². The normalized spacial score (nSPS) is 28.7. The van der Waals surface area contributed by atoms with Gasteiger partial charge in [-0.05, 0) is 37.2 Å². The lowest BCUT2D eigenvalue weighted by molar-refractivity contribution is 0.0806. The average molecular weight is 289 g/mol. The molecule has 2 N–H and O–H groups in total. The van der Waals surface area contributed by atoms with Crippen LogP contribution in [-0.4, -0.2) is 16.2 Å². The Kier molecular flexibility index (Phi) is 3.40. The van der Waals surface area contributed by atoms with Crippen molar-refractivity contribution < 1.29 is 8.94 Å². The highest BCUT2D eigenvalue weighted by atomic mass is 16.5. The molecular weight excluding hydrogens is 266 g/mol. The molecule has 0 amide bonds. The fraction of sp³-hybridized carbons (Fsp3) is 0.625. The molecule has 1 aliphatic carbocycles. The molecule has 1 saturated carbocycles. The van der Waals surface area contributed by atoms with E-state index in [0.29, 0.717) is 17.6 Å². The van der Waals surface area contributed by atoms with Gasteiger partial charge in [0.05, 0.1) is 11.8 Å². The third kappa shape index (κ3) is 2.29. The second-order valence-electron chi connectivity index (χ2n) is 6.75. The van der Waals surface area contributed by atoms with Crippen LogP contribution in [0.4, 0.5) is 0 Å². The van der Waals surface area contributed by atoms with Gasteiger partial charge in [0.2, 0.25) is 11.7 Å². The van der Waals surface area contributed by atoms with Crippen LogP contribution in [0.25, 0.3) is 11.4 Å². The van der Waals surface area contributed by atoms with E-state index in [-0.39, 0.29) is 17.4 Å². The number of aromatic nitrogens is 2. The Morgan fingerprint density at radius 3 is 2.76 bits per heavy atom. The molecule has 0 aromatic carbocycles. The number of nitrogens with two attached hydrogens (primary N) is 1. The van der Waals surface area contributed by atoms with Crippen LogP contribution in [-0.2, 0) is 0 Å². The highest BCUT2D eigenvalue weighted by Gasteiger charge is 2.44. The number of hydrogen-bond donors (Lipinski definition) is 1. The van der Waals surface area contributed by atoms with Gasteiger partial charge in [-0.1, -0.05) is 25.9 Å². The number of aryl methyl sites for hydroxylation is 1. The maximum atomic E-state index is 6.22. The molecule has 3 rings (SSSR count). The predicted octanol–water partition coefficient (Wildman–Crippen LogP) is 3.51. The van der Waals surface area contributed by atoms with Crippen LogP contribution in [0.3, 0.4) is 0 Å². The average Bonchev–Trinajstić information content (AvgIpc) is 3.05. The first kappa shape index (κ1) is 14.3. The zero-order valence-corrected chi connectivity index (χ0v) is 13.1. The van der Waals surface area contributed by atoms with Crippen LogP contribution in [0, 0.1) is 18.3 Å². The minimum Gasteiger partial charge on any atom is -0.469 e. The summed E-state index contributed by atoms with van der Waals surface area (Å²) in [4.78, 5) is 4.61. The van der Waals surface area contributed by atoms with Crippen molar-refractivity contribution in [1.82, 2.24) is 10.1 Å². The smallest absolute Gasteiger partial charge is 0.230 e. The van der Waals surface area contributed by atoms with Crippen molar-refractivity contribution in [3.8, 4) is 11.4 Å². The molecule has 3 atom stereocenters. The Bertz CT molecular complexity index is 629. The van der Waals surface area contributed by atoms with Crippen molar-refractivity contribution >= 4 is 0 Å². The summed E-state index contributed by atoms with van der Waals surface area (Å²) in [5.41, 5.74) is 7.16. The second kappa shape index (κ2) is 4.98. The van der Waals surface area contributed by atoms with E-state index in [0.717, 1.165) is 24.2 Å². The molecule has 5 heteroatoms. The quantitative estimate of drug-likeness (QED) is 0.915. The van der Waals surface area contributed by atoms with Gasteiger partial charge in [0.25, 0.3) is 0 Å². The fourth-order valence-corrected chi connectivity index (χ4v) is 3.40. The SMILES string of the molecule is Cc1occc1-c1noc(C2CCC(N)C(C)C2(C)C)n1. The van der Waals surface area contributed by atoms with E-state index in [1.54, 1.807) is 6.26 Å². The highest BCUT2D eigenvalue weighted by molar-refractivity contribution is 5.56. The lowest BCUT2D eigenvalue weighted by atomic mass is 9.61. The van der Waals surface area contributed by atoms with Crippen LogP contribution in [0.15, 0.2) is 21.3 Å². The molecule has 2 aromatic rings. The molecule has 0 aliphatic heterocycles. The molecule has 2 aromatic heterocycles. The lowest BCUT2D eigenvalue weighted by Crippen LogP contribution is -2.45. The van der Waals surface area contributed by atoms with E-state index in [9.17, 15) is 0 Å². The summed E-state index contributed by atoms with van der Waals surface area (Å²) in [6.07, 6.45) is 3.63. The van der Waals surface area contributed by atoms with Crippen molar-refractivity contribution in [1.29, 1.82) is 0 Å². The molecular formula is C16H23N3O2. The van der Waals surface area contributed by atoms with Gasteiger partial charge in [-0.15, -0.1) is 0 Å². The molecule has 0 spiro atoms. The summed E-state index contributed by atoms with van der Waals surface area (Å²) in [5.74, 6) is 2.80.